The van der Waals surface area contributed by atoms with Crippen molar-refractivity contribution in [3.63, 3.8) is 0 Å². The van der Waals surface area contributed by atoms with Crippen LogP contribution in [0.2, 0.25) is 0 Å². The van der Waals surface area contributed by atoms with Crippen LogP contribution in [0.25, 0.3) is 16.9 Å². The van der Waals surface area contributed by atoms with Crippen molar-refractivity contribution in [3.8, 4) is 11.3 Å². The number of imidazole rings is 1. The summed E-state index contributed by atoms with van der Waals surface area (Å²) in [5.74, 6) is -0.625. The van der Waals surface area contributed by atoms with Gasteiger partial charge in [0.25, 0.3) is 0 Å². The van der Waals surface area contributed by atoms with Crippen LogP contribution in [-0.4, -0.2) is 14.4 Å². The van der Waals surface area contributed by atoms with Crippen molar-refractivity contribution in [2.24, 2.45) is 5.18 Å². The minimum atomic E-state index is -0.625. The molecule has 1 aromatic carbocycles. The minimum absolute atomic E-state index is 0.215. The number of benzene rings is 1. The molecule has 0 amide bonds. The van der Waals surface area contributed by atoms with Gasteiger partial charge in [-0.15, -0.1) is 4.91 Å². The van der Waals surface area contributed by atoms with Crippen LogP contribution >= 0.6 is 0 Å². The van der Waals surface area contributed by atoms with E-state index in [0.717, 1.165) is 5.65 Å². The van der Waals surface area contributed by atoms with Crippen LogP contribution < -0.4 is 0 Å². The molecule has 0 saturated carbocycles. The van der Waals surface area contributed by atoms with Crippen molar-refractivity contribution in [1.82, 2.24) is 14.4 Å². The highest BCUT2D eigenvalue weighted by molar-refractivity contribution is 5.68. The smallest absolute Gasteiger partial charge is 0.155 e. The maximum absolute atomic E-state index is 13.4. The van der Waals surface area contributed by atoms with Crippen molar-refractivity contribution in [1.29, 1.82) is 0 Å². The number of nitroso groups, excluding NO2 is 1. The first-order chi connectivity index (χ1) is 9.19. The fourth-order valence-corrected chi connectivity index (χ4v) is 1.97. The largest absolute Gasteiger partial charge is 0.304 e. The normalized spacial score (nSPS) is 10.8. The maximum Gasteiger partial charge on any atom is 0.155 e. The van der Waals surface area contributed by atoms with E-state index in [1.165, 1.54) is 12.1 Å². The minimum Gasteiger partial charge on any atom is -0.304 e. The van der Waals surface area contributed by atoms with Gasteiger partial charge in [-0.25, -0.2) is 9.37 Å². The first kappa shape index (κ1) is 11.5. The molecule has 0 fully saturated rings. The van der Waals surface area contributed by atoms with E-state index in [-0.39, 0.29) is 5.69 Å². The summed E-state index contributed by atoms with van der Waals surface area (Å²) in [6.07, 6.45) is 6.85. The van der Waals surface area contributed by atoms with E-state index in [9.17, 15) is 9.30 Å². The molecule has 2 heterocycles. The number of halogens is 1. The van der Waals surface area contributed by atoms with E-state index >= 15 is 0 Å². The van der Waals surface area contributed by atoms with Gasteiger partial charge in [-0.05, 0) is 29.8 Å². The van der Waals surface area contributed by atoms with Crippen LogP contribution in [0.1, 0.15) is 5.56 Å². The number of rotatable bonds is 2. The van der Waals surface area contributed by atoms with Gasteiger partial charge in [-0.3, -0.25) is 4.98 Å². The Morgan fingerprint density at radius 3 is 2.95 bits per heavy atom. The SMILES string of the molecule is Cc1cc(F)c(N=O)cc1-c1cn2ccnc2cn1. The Morgan fingerprint density at radius 2 is 2.16 bits per heavy atom. The molecule has 0 atom stereocenters. The average molecular weight is 256 g/mol. The zero-order valence-electron chi connectivity index (χ0n) is 10.0. The maximum atomic E-state index is 13.4. The lowest BCUT2D eigenvalue weighted by atomic mass is 10.0. The Bertz CT molecular complexity index is 781. The summed E-state index contributed by atoms with van der Waals surface area (Å²) in [6.45, 7) is 1.76. The first-order valence-corrected chi connectivity index (χ1v) is 5.61. The zero-order chi connectivity index (χ0) is 13.4. The van der Waals surface area contributed by atoms with Gasteiger partial charge in [-0.2, -0.15) is 0 Å². The number of nitrogens with zero attached hydrogens (tertiary/aromatic N) is 4. The summed E-state index contributed by atoms with van der Waals surface area (Å²) in [6, 6.07) is 2.69. The fraction of sp³-hybridized carbons (Fsp3) is 0.0769. The predicted octanol–water partition coefficient (Wildman–Crippen LogP) is 3.24. The van der Waals surface area contributed by atoms with Gasteiger partial charge in [0.05, 0.1) is 11.9 Å². The van der Waals surface area contributed by atoms with Gasteiger partial charge >= 0.3 is 0 Å². The summed E-state index contributed by atoms with van der Waals surface area (Å²) >= 11 is 0. The highest BCUT2D eigenvalue weighted by atomic mass is 19.1. The molecule has 0 aliphatic heterocycles. The topological polar surface area (TPSA) is 59.6 Å². The van der Waals surface area contributed by atoms with Gasteiger partial charge in [0.15, 0.2) is 11.5 Å². The molecule has 0 N–H and O–H groups in total. The van der Waals surface area contributed by atoms with Gasteiger partial charge < -0.3 is 4.40 Å². The molecular weight excluding hydrogens is 247 g/mol. The van der Waals surface area contributed by atoms with Crippen molar-refractivity contribution in [3.05, 3.63) is 53.2 Å². The molecule has 3 aromatic rings. The van der Waals surface area contributed by atoms with Crippen LogP contribution in [0, 0.1) is 17.6 Å². The molecule has 0 spiro atoms. The lowest BCUT2D eigenvalue weighted by Gasteiger charge is -2.07. The van der Waals surface area contributed by atoms with E-state index in [1.807, 2.05) is 0 Å². The van der Waals surface area contributed by atoms with Crippen LogP contribution in [-0.2, 0) is 0 Å². The Morgan fingerprint density at radius 1 is 1.32 bits per heavy atom. The van der Waals surface area contributed by atoms with Crippen LogP contribution in [0.15, 0.2) is 42.1 Å². The third-order valence-corrected chi connectivity index (χ3v) is 2.95. The van der Waals surface area contributed by atoms with E-state index < -0.39 is 5.82 Å². The third-order valence-electron chi connectivity index (χ3n) is 2.95. The highest BCUT2D eigenvalue weighted by Crippen LogP contribution is 2.29. The molecule has 0 aliphatic carbocycles. The zero-order valence-corrected chi connectivity index (χ0v) is 10.0. The van der Waals surface area contributed by atoms with Crippen molar-refractivity contribution < 1.29 is 4.39 Å². The number of hydrogen-bond donors (Lipinski definition) is 0. The van der Waals surface area contributed by atoms with Gasteiger partial charge in [0, 0.05) is 24.2 Å². The van der Waals surface area contributed by atoms with Crippen LogP contribution in [0.4, 0.5) is 10.1 Å². The standard InChI is InChI=1S/C13H9FN4O/c1-8-4-10(14)11(17-19)5-9(8)12-7-18-3-2-15-13(18)6-16-12/h2-7H,1H3. The van der Waals surface area contributed by atoms with Crippen molar-refractivity contribution in [2.45, 2.75) is 6.92 Å². The first-order valence-electron chi connectivity index (χ1n) is 5.61. The average Bonchev–Trinajstić information content (AvgIpc) is 2.86. The number of aryl methyl sites for hydroxylation is 1. The van der Waals surface area contributed by atoms with E-state index in [2.05, 4.69) is 15.1 Å². The number of fused-ring (bicyclic) bond motifs is 1. The van der Waals surface area contributed by atoms with E-state index in [4.69, 9.17) is 0 Å². The summed E-state index contributed by atoms with van der Waals surface area (Å²) < 4.78 is 15.2. The molecule has 0 unspecified atom stereocenters. The highest BCUT2D eigenvalue weighted by Gasteiger charge is 2.11. The molecule has 0 aliphatic rings. The molecule has 5 nitrogen and oxygen atoms in total. The van der Waals surface area contributed by atoms with Crippen molar-refractivity contribution in [2.75, 3.05) is 0 Å². The summed E-state index contributed by atoms with van der Waals surface area (Å²) in [5.41, 5.74) is 2.50. The molecule has 19 heavy (non-hydrogen) atoms. The second-order valence-electron chi connectivity index (χ2n) is 4.18. The molecule has 6 heteroatoms. The summed E-state index contributed by atoms with van der Waals surface area (Å²) in [4.78, 5) is 18.9. The van der Waals surface area contributed by atoms with E-state index in [0.29, 0.717) is 16.8 Å². The molecule has 0 radical (unpaired) electrons. The third kappa shape index (κ3) is 1.87. The lowest BCUT2D eigenvalue weighted by Crippen LogP contribution is -1.93. The number of aromatic nitrogens is 3. The molecular formula is C13H9FN4O. The van der Waals surface area contributed by atoms with Crippen LogP contribution in [0.3, 0.4) is 0 Å². The van der Waals surface area contributed by atoms with Gasteiger partial charge in [0.1, 0.15) is 5.69 Å². The second-order valence-corrected chi connectivity index (χ2v) is 4.18. The monoisotopic (exact) mass is 256 g/mol. The summed E-state index contributed by atoms with van der Waals surface area (Å²) in [5, 5.41) is 2.68. The Hall–Kier alpha value is -2.63. The summed E-state index contributed by atoms with van der Waals surface area (Å²) in [7, 11) is 0. The molecule has 2 aromatic heterocycles. The van der Waals surface area contributed by atoms with Gasteiger partial charge in [-0.1, -0.05) is 0 Å². The predicted molar refractivity (Wildman–Crippen MR) is 68.6 cm³/mol. The fourth-order valence-electron chi connectivity index (χ4n) is 1.97. The Kier molecular flexibility index (Phi) is 2.56. The molecule has 0 bridgehead atoms. The quantitative estimate of drug-likeness (QED) is 0.661. The van der Waals surface area contributed by atoms with E-state index in [1.54, 1.807) is 36.1 Å². The lowest BCUT2D eigenvalue weighted by molar-refractivity contribution is 0.628. The Labute approximate surface area is 107 Å². The molecule has 94 valence electrons. The van der Waals surface area contributed by atoms with Gasteiger partial charge in [0.2, 0.25) is 0 Å². The van der Waals surface area contributed by atoms with Crippen LogP contribution in [0.5, 0.6) is 0 Å². The molecule has 3 rings (SSSR count). The second kappa shape index (κ2) is 4.24. The molecule has 0 saturated heterocycles. The van der Waals surface area contributed by atoms with Crippen molar-refractivity contribution >= 4 is 11.3 Å². The number of hydrogen-bond acceptors (Lipinski definition) is 4. The Balaban J connectivity index is 2.22.